The van der Waals surface area contributed by atoms with Gasteiger partial charge in [0.15, 0.2) is 0 Å². The average molecular weight is 799 g/mol. The number of para-hydroxylation sites is 1. The van der Waals surface area contributed by atoms with Crippen molar-refractivity contribution < 1.29 is 24.5 Å². The molecule has 0 atom stereocenters. The molecule has 0 unspecified atom stereocenters. The van der Waals surface area contributed by atoms with Gasteiger partial charge in [-0.15, -0.1) is 54.1 Å². The monoisotopic (exact) mass is 799 g/mol. The van der Waals surface area contributed by atoms with Crippen molar-refractivity contribution in [2.75, 3.05) is 0 Å². The fourth-order valence-electron chi connectivity index (χ4n) is 5.71. The predicted octanol–water partition coefficient (Wildman–Crippen LogP) is 11.6. The van der Waals surface area contributed by atoms with E-state index in [2.05, 4.69) is 128 Å². The molecule has 0 saturated carbocycles. The van der Waals surface area contributed by atoms with E-state index >= 15 is 0 Å². The van der Waals surface area contributed by atoms with Crippen LogP contribution in [0.4, 0.5) is 0 Å². The molecular formula is C44H34IrN2O-2. The van der Waals surface area contributed by atoms with Gasteiger partial charge in [0.1, 0.15) is 5.58 Å². The Morgan fingerprint density at radius 1 is 0.542 bits per heavy atom. The summed E-state index contributed by atoms with van der Waals surface area (Å²) in [7, 11) is 0. The Hall–Kier alpha value is -5.15. The van der Waals surface area contributed by atoms with Crippen LogP contribution < -0.4 is 0 Å². The zero-order valence-electron chi connectivity index (χ0n) is 27.1. The molecule has 0 saturated heterocycles. The van der Waals surface area contributed by atoms with Gasteiger partial charge >= 0.3 is 0 Å². The van der Waals surface area contributed by atoms with Gasteiger partial charge in [-0.2, -0.15) is 0 Å². The standard InChI is InChI=1S/C29H18NO.C15H16N.Ir/c1-2-8-20(9-3-1)21-15-17-22(18-16-21)23-10-6-11-24-25-12-7-13-26(29(25)31-28(23)24)27-14-4-5-19-30-27;1-15(2,3)13-9-10-14(16-11-13)12-7-5-4-6-8-12;/h1-12,14-19H;4-7,9-11H,1-3H3;/q2*-1;. The largest absolute Gasteiger partial charge is 0.500 e. The summed E-state index contributed by atoms with van der Waals surface area (Å²) >= 11 is 0. The normalized spacial score (nSPS) is 11.1. The van der Waals surface area contributed by atoms with Crippen LogP contribution in [0, 0.1) is 12.1 Å². The molecule has 0 aliphatic carbocycles. The number of furan rings is 1. The maximum Gasteiger partial charge on any atom is 0.128 e. The van der Waals surface area contributed by atoms with Crippen LogP contribution >= 0.6 is 0 Å². The summed E-state index contributed by atoms with van der Waals surface area (Å²) in [5, 5.41) is 2.18. The van der Waals surface area contributed by atoms with E-state index in [1.165, 1.54) is 16.7 Å². The Labute approximate surface area is 295 Å². The van der Waals surface area contributed by atoms with Crippen LogP contribution in [0.1, 0.15) is 26.3 Å². The molecule has 0 bridgehead atoms. The SMILES string of the molecule is CC(C)(C)c1ccc(-c2[c-]cccc2)nc1.[Ir].[c-]1ccc2c(oc3c(-c4ccc(-c5ccccc5)cc4)cccc32)c1-c1ccccn1. The average Bonchev–Trinajstić information content (AvgIpc) is 3.52. The summed E-state index contributed by atoms with van der Waals surface area (Å²) in [5.74, 6) is 0. The minimum absolute atomic E-state index is 0. The van der Waals surface area contributed by atoms with Crippen molar-refractivity contribution in [1.29, 1.82) is 0 Å². The Morgan fingerprint density at radius 3 is 1.96 bits per heavy atom. The van der Waals surface area contributed by atoms with Gasteiger partial charge in [0.05, 0.1) is 5.58 Å². The van der Waals surface area contributed by atoms with Gasteiger partial charge < -0.3 is 14.4 Å². The quantitative estimate of drug-likeness (QED) is 0.167. The van der Waals surface area contributed by atoms with E-state index in [-0.39, 0.29) is 25.5 Å². The third-order valence-electron chi connectivity index (χ3n) is 8.30. The molecule has 0 aliphatic heterocycles. The molecule has 1 radical (unpaired) electrons. The van der Waals surface area contributed by atoms with Gasteiger partial charge in [-0.1, -0.05) is 129 Å². The van der Waals surface area contributed by atoms with Crippen molar-refractivity contribution in [2.24, 2.45) is 0 Å². The van der Waals surface area contributed by atoms with Gasteiger partial charge in [0.25, 0.3) is 0 Å². The van der Waals surface area contributed by atoms with Gasteiger partial charge in [0.2, 0.25) is 0 Å². The number of rotatable bonds is 4. The van der Waals surface area contributed by atoms with Gasteiger partial charge in [0, 0.05) is 43.4 Å². The summed E-state index contributed by atoms with van der Waals surface area (Å²) in [6, 6.07) is 53.9. The fourth-order valence-corrected chi connectivity index (χ4v) is 5.71. The van der Waals surface area contributed by atoms with E-state index < -0.39 is 0 Å². The van der Waals surface area contributed by atoms with Crippen LogP contribution in [-0.4, -0.2) is 9.97 Å². The van der Waals surface area contributed by atoms with Crippen LogP contribution in [0.3, 0.4) is 0 Å². The molecule has 8 aromatic rings. The molecular weight excluding hydrogens is 765 g/mol. The number of benzene rings is 5. The molecule has 3 aromatic heterocycles. The summed E-state index contributed by atoms with van der Waals surface area (Å²) in [6.07, 6.45) is 3.75. The van der Waals surface area contributed by atoms with Crippen LogP contribution in [0.25, 0.3) is 66.7 Å². The van der Waals surface area contributed by atoms with E-state index in [0.717, 1.165) is 55.6 Å². The number of nitrogens with zero attached hydrogens (tertiary/aromatic N) is 2. The molecule has 0 amide bonds. The molecule has 0 spiro atoms. The molecule has 5 aromatic carbocycles. The Morgan fingerprint density at radius 2 is 1.27 bits per heavy atom. The van der Waals surface area contributed by atoms with Crippen molar-refractivity contribution in [3.63, 3.8) is 0 Å². The van der Waals surface area contributed by atoms with Gasteiger partial charge in [-0.3, -0.25) is 0 Å². The molecule has 0 fully saturated rings. The first-order chi connectivity index (χ1) is 23.0. The maximum atomic E-state index is 6.47. The van der Waals surface area contributed by atoms with Gasteiger partial charge in [-0.25, -0.2) is 0 Å². The summed E-state index contributed by atoms with van der Waals surface area (Å²) in [6.45, 7) is 6.58. The van der Waals surface area contributed by atoms with Crippen LogP contribution in [0.5, 0.6) is 0 Å². The molecule has 48 heavy (non-hydrogen) atoms. The number of hydrogen-bond acceptors (Lipinski definition) is 3. The van der Waals surface area contributed by atoms with Gasteiger partial charge in [-0.05, 0) is 45.1 Å². The number of aromatic nitrogens is 2. The Bertz CT molecular complexity index is 2240. The van der Waals surface area contributed by atoms with E-state index in [9.17, 15) is 0 Å². The summed E-state index contributed by atoms with van der Waals surface area (Å²) in [5.41, 5.74) is 11.5. The smallest absolute Gasteiger partial charge is 0.128 e. The second-order valence-corrected chi connectivity index (χ2v) is 12.5. The maximum absolute atomic E-state index is 6.47. The zero-order chi connectivity index (χ0) is 32.2. The third kappa shape index (κ3) is 6.92. The zero-order valence-corrected chi connectivity index (χ0v) is 29.5. The summed E-state index contributed by atoms with van der Waals surface area (Å²) < 4.78 is 6.47. The molecule has 8 rings (SSSR count). The third-order valence-corrected chi connectivity index (χ3v) is 8.30. The van der Waals surface area contributed by atoms with Crippen molar-refractivity contribution in [3.8, 4) is 44.8 Å². The second kappa shape index (κ2) is 14.3. The van der Waals surface area contributed by atoms with Crippen LogP contribution in [-0.2, 0) is 25.5 Å². The fraction of sp³-hybridized carbons (Fsp3) is 0.0909. The first-order valence-electron chi connectivity index (χ1n) is 15.8. The first kappa shape index (κ1) is 32.8. The van der Waals surface area contributed by atoms with Crippen molar-refractivity contribution in [1.82, 2.24) is 9.97 Å². The Balaban J connectivity index is 0.000000201. The molecule has 0 aliphatic rings. The van der Waals surface area contributed by atoms with Crippen molar-refractivity contribution >= 4 is 21.9 Å². The molecule has 237 valence electrons. The minimum atomic E-state index is 0. The van der Waals surface area contributed by atoms with Crippen molar-refractivity contribution in [3.05, 3.63) is 170 Å². The number of hydrogen-bond donors (Lipinski definition) is 0. The minimum Gasteiger partial charge on any atom is -0.500 e. The topological polar surface area (TPSA) is 38.9 Å². The van der Waals surface area contributed by atoms with Crippen LogP contribution in [0.15, 0.2) is 156 Å². The van der Waals surface area contributed by atoms with Crippen LogP contribution in [0.2, 0.25) is 0 Å². The van der Waals surface area contributed by atoms with E-state index in [1.54, 1.807) is 6.20 Å². The van der Waals surface area contributed by atoms with E-state index in [0.29, 0.717) is 0 Å². The molecule has 3 heterocycles. The number of pyridine rings is 2. The van der Waals surface area contributed by atoms with E-state index in [4.69, 9.17) is 4.42 Å². The molecule has 4 heteroatoms. The Kier molecular flexibility index (Phi) is 9.77. The molecule has 0 N–H and O–H groups in total. The first-order valence-corrected chi connectivity index (χ1v) is 15.8. The molecule has 3 nitrogen and oxygen atoms in total. The predicted molar refractivity (Wildman–Crippen MR) is 194 cm³/mol. The second-order valence-electron chi connectivity index (χ2n) is 12.5. The summed E-state index contributed by atoms with van der Waals surface area (Å²) in [4.78, 5) is 8.98. The van der Waals surface area contributed by atoms with E-state index in [1.807, 2.05) is 60.8 Å². The van der Waals surface area contributed by atoms with Crippen molar-refractivity contribution in [2.45, 2.75) is 26.2 Å². The number of fused-ring (bicyclic) bond motifs is 3.